The first-order chi connectivity index (χ1) is 9.58. The summed E-state index contributed by atoms with van der Waals surface area (Å²) in [4.78, 5) is 0. The molecular weight excluding hydrogens is 246 g/mol. The topological polar surface area (TPSA) is 21.3 Å². The highest BCUT2D eigenvalue weighted by Gasteiger charge is 2.39. The van der Waals surface area contributed by atoms with Crippen molar-refractivity contribution in [2.45, 2.75) is 45.6 Å². The first-order valence-electron chi connectivity index (χ1n) is 7.83. The monoisotopic (exact) mass is 275 g/mol. The molecule has 2 nitrogen and oxygen atoms in total. The first-order valence-corrected chi connectivity index (χ1v) is 7.83. The van der Waals surface area contributed by atoms with E-state index in [1.165, 1.54) is 30.4 Å². The summed E-state index contributed by atoms with van der Waals surface area (Å²) in [5.74, 6) is 0.734. The van der Waals surface area contributed by atoms with Crippen molar-refractivity contribution in [3.05, 3.63) is 35.4 Å². The van der Waals surface area contributed by atoms with Gasteiger partial charge in [0, 0.05) is 13.2 Å². The molecule has 0 spiro atoms. The Bertz CT molecular complexity index is 410. The van der Waals surface area contributed by atoms with Crippen LogP contribution in [-0.4, -0.2) is 20.8 Å². The largest absolute Gasteiger partial charge is 0.384 e. The minimum atomic E-state index is 0.447. The Morgan fingerprint density at radius 2 is 2.00 bits per heavy atom. The molecule has 0 aromatic heterocycles. The molecule has 1 aliphatic carbocycles. The second kappa shape index (κ2) is 6.73. The number of nitrogens with one attached hydrogen (secondary N) is 1. The van der Waals surface area contributed by atoms with Crippen LogP contribution in [0.1, 0.15) is 50.3 Å². The van der Waals surface area contributed by atoms with Crippen LogP contribution in [0.2, 0.25) is 0 Å². The summed E-state index contributed by atoms with van der Waals surface area (Å²) >= 11 is 0. The molecule has 2 unspecified atom stereocenters. The van der Waals surface area contributed by atoms with E-state index in [9.17, 15) is 0 Å². The molecule has 2 rings (SSSR count). The van der Waals surface area contributed by atoms with Crippen LogP contribution >= 0.6 is 0 Å². The Morgan fingerprint density at radius 1 is 1.30 bits per heavy atom. The van der Waals surface area contributed by atoms with E-state index >= 15 is 0 Å². The van der Waals surface area contributed by atoms with Crippen molar-refractivity contribution in [3.8, 4) is 0 Å². The molecule has 0 saturated heterocycles. The number of rotatable bonds is 6. The van der Waals surface area contributed by atoms with Crippen molar-refractivity contribution in [3.63, 3.8) is 0 Å². The lowest BCUT2D eigenvalue weighted by Crippen LogP contribution is -2.32. The lowest BCUT2D eigenvalue weighted by molar-refractivity contribution is 0.202. The first kappa shape index (κ1) is 15.5. The molecule has 0 bridgehead atoms. The molecule has 0 aliphatic heterocycles. The van der Waals surface area contributed by atoms with Gasteiger partial charge in [-0.25, -0.2) is 0 Å². The predicted octanol–water partition coefficient (Wildman–Crippen LogP) is 3.96. The zero-order chi connectivity index (χ0) is 14.6. The number of ether oxygens (including phenoxy) is 1. The zero-order valence-corrected chi connectivity index (χ0v) is 13.4. The van der Waals surface area contributed by atoms with Gasteiger partial charge in [-0.15, -0.1) is 0 Å². The van der Waals surface area contributed by atoms with Crippen molar-refractivity contribution >= 4 is 0 Å². The van der Waals surface area contributed by atoms with Gasteiger partial charge in [0.2, 0.25) is 0 Å². The number of benzene rings is 1. The molecule has 1 saturated carbocycles. The fourth-order valence-corrected chi connectivity index (χ4v) is 3.68. The van der Waals surface area contributed by atoms with E-state index < -0.39 is 0 Å². The molecule has 2 atom stereocenters. The third-order valence-electron chi connectivity index (χ3n) is 4.99. The van der Waals surface area contributed by atoms with Gasteiger partial charge in [-0.1, -0.05) is 44.5 Å². The van der Waals surface area contributed by atoms with E-state index in [2.05, 4.69) is 50.5 Å². The maximum atomic E-state index is 5.14. The highest BCUT2D eigenvalue weighted by Crippen LogP contribution is 2.48. The fourth-order valence-electron chi connectivity index (χ4n) is 3.68. The summed E-state index contributed by atoms with van der Waals surface area (Å²) in [6, 6.07) is 9.56. The molecule has 1 N–H and O–H groups in total. The Hall–Kier alpha value is -0.860. The summed E-state index contributed by atoms with van der Waals surface area (Å²) in [6.45, 7) is 5.63. The number of hydrogen-bond donors (Lipinski definition) is 1. The number of methoxy groups -OCH3 is 1. The highest BCUT2D eigenvalue weighted by molar-refractivity contribution is 5.26. The Morgan fingerprint density at radius 3 is 2.50 bits per heavy atom. The van der Waals surface area contributed by atoms with Crippen LogP contribution in [0.15, 0.2) is 24.3 Å². The molecule has 0 amide bonds. The van der Waals surface area contributed by atoms with Gasteiger partial charge in [0.15, 0.2) is 0 Å². The summed E-state index contributed by atoms with van der Waals surface area (Å²) in [6.07, 6.45) is 5.05. The molecule has 0 heterocycles. The normalized spacial score (nSPS) is 22.9. The van der Waals surface area contributed by atoms with Crippen LogP contribution in [0, 0.1) is 11.3 Å². The van der Waals surface area contributed by atoms with E-state index in [0.717, 1.165) is 18.9 Å². The Balaban J connectivity index is 2.11. The average Bonchev–Trinajstić information content (AvgIpc) is 2.79. The van der Waals surface area contributed by atoms with E-state index in [4.69, 9.17) is 4.74 Å². The Kier molecular flexibility index (Phi) is 5.22. The second-order valence-corrected chi connectivity index (χ2v) is 6.74. The van der Waals surface area contributed by atoms with Crippen LogP contribution < -0.4 is 5.32 Å². The smallest absolute Gasteiger partial charge is 0.0502 e. The maximum Gasteiger partial charge on any atom is 0.0502 e. The van der Waals surface area contributed by atoms with Gasteiger partial charge >= 0.3 is 0 Å². The standard InChI is InChI=1S/C18H29NO/c1-18(2)12-5-6-16(18)17(19-3)15-9-7-14(8-10-15)11-13-20-4/h7-10,16-17,19H,5-6,11-13H2,1-4H3. The fraction of sp³-hybridized carbons (Fsp3) is 0.667. The van der Waals surface area contributed by atoms with Crippen LogP contribution in [0.4, 0.5) is 0 Å². The van der Waals surface area contributed by atoms with Crippen LogP contribution in [0.25, 0.3) is 0 Å². The molecule has 2 heteroatoms. The average molecular weight is 275 g/mol. The van der Waals surface area contributed by atoms with Crippen LogP contribution in [0.3, 0.4) is 0 Å². The summed E-state index contributed by atoms with van der Waals surface area (Å²) in [7, 11) is 3.85. The predicted molar refractivity (Wildman–Crippen MR) is 84.9 cm³/mol. The summed E-state index contributed by atoms with van der Waals surface area (Å²) in [5, 5.41) is 3.55. The van der Waals surface area contributed by atoms with Crippen molar-refractivity contribution in [1.82, 2.24) is 5.32 Å². The van der Waals surface area contributed by atoms with Gasteiger partial charge in [-0.3, -0.25) is 0 Å². The molecule has 1 aliphatic rings. The van der Waals surface area contributed by atoms with E-state index in [0.29, 0.717) is 11.5 Å². The summed E-state index contributed by atoms with van der Waals surface area (Å²) < 4.78 is 5.14. The van der Waals surface area contributed by atoms with Gasteiger partial charge in [0.25, 0.3) is 0 Å². The molecule has 1 fully saturated rings. The highest BCUT2D eigenvalue weighted by atomic mass is 16.5. The lowest BCUT2D eigenvalue weighted by Gasteiger charge is -2.34. The minimum Gasteiger partial charge on any atom is -0.384 e. The van der Waals surface area contributed by atoms with E-state index in [1.807, 2.05) is 0 Å². The van der Waals surface area contributed by atoms with E-state index in [1.54, 1.807) is 7.11 Å². The maximum absolute atomic E-state index is 5.14. The zero-order valence-electron chi connectivity index (χ0n) is 13.4. The quantitative estimate of drug-likeness (QED) is 0.848. The van der Waals surface area contributed by atoms with Crippen molar-refractivity contribution in [1.29, 1.82) is 0 Å². The number of hydrogen-bond acceptors (Lipinski definition) is 2. The van der Waals surface area contributed by atoms with Gasteiger partial charge in [0.05, 0.1) is 6.61 Å². The lowest BCUT2D eigenvalue weighted by atomic mass is 9.75. The third-order valence-corrected chi connectivity index (χ3v) is 4.99. The molecule has 1 aromatic carbocycles. The van der Waals surface area contributed by atoms with Crippen molar-refractivity contribution in [2.75, 3.05) is 20.8 Å². The second-order valence-electron chi connectivity index (χ2n) is 6.74. The summed E-state index contributed by atoms with van der Waals surface area (Å²) in [5.41, 5.74) is 3.23. The van der Waals surface area contributed by atoms with Gasteiger partial charge < -0.3 is 10.1 Å². The molecule has 112 valence electrons. The SMILES string of the molecule is CNC(c1ccc(CCOC)cc1)C1CCCC1(C)C. The molecule has 20 heavy (non-hydrogen) atoms. The molecular formula is C18H29NO. The van der Waals surface area contributed by atoms with Gasteiger partial charge in [-0.2, -0.15) is 0 Å². The van der Waals surface area contributed by atoms with E-state index in [-0.39, 0.29) is 0 Å². The van der Waals surface area contributed by atoms with Gasteiger partial charge in [-0.05, 0) is 48.8 Å². The minimum absolute atomic E-state index is 0.447. The Labute approximate surface area is 123 Å². The molecule has 1 aromatic rings. The third kappa shape index (κ3) is 3.42. The van der Waals surface area contributed by atoms with Crippen LogP contribution in [0.5, 0.6) is 0 Å². The van der Waals surface area contributed by atoms with Crippen molar-refractivity contribution in [2.24, 2.45) is 11.3 Å². The van der Waals surface area contributed by atoms with Crippen LogP contribution in [-0.2, 0) is 11.2 Å². The van der Waals surface area contributed by atoms with Gasteiger partial charge in [0.1, 0.15) is 0 Å². The van der Waals surface area contributed by atoms with Crippen molar-refractivity contribution < 1.29 is 4.74 Å². The molecule has 0 radical (unpaired) electrons.